The van der Waals surface area contributed by atoms with E-state index in [0.29, 0.717) is 60.5 Å². The van der Waals surface area contributed by atoms with Crippen molar-refractivity contribution < 1.29 is 28.6 Å². The van der Waals surface area contributed by atoms with E-state index in [1.165, 1.54) is 13.4 Å². The SMILES string of the molecule is CCOC(=O)N1CCC(Oc2ncnc(Oc3cccc(/C=C4\SC(=O)N(C)C4=O)c3)c2C)CC1. The number of imide groups is 1. The standard InChI is InChI=1S/C24H26N4O6S/c1-4-32-23(30)28-10-8-17(9-11-28)33-20-15(2)21(26-14-25-20)34-18-7-5-6-16(12-18)13-19-22(29)27(3)24(31)35-19/h5-7,12-14,17H,4,8-11H2,1-3H3/b19-13-. The van der Waals surface area contributed by atoms with Crippen molar-refractivity contribution in [3.05, 3.63) is 46.6 Å². The van der Waals surface area contributed by atoms with Gasteiger partial charge in [0.25, 0.3) is 11.1 Å². The molecule has 2 fully saturated rings. The maximum Gasteiger partial charge on any atom is 0.409 e. The van der Waals surface area contributed by atoms with E-state index in [0.717, 1.165) is 22.2 Å². The predicted octanol–water partition coefficient (Wildman–Crippen LogP) is 4.24. The first kappa shape index (κ1) is 24.5. The first-order valence-electron chi connectivity index (χ1n) is 11.2. The Morgan fingerprint density at radius 2 is 1.94 bits per heavy atom. The molecule has 4 rings (SSSR count). The number of likely N-dealkylation sites (tertiary alicyclic amines) is 1. The summed E-state index contributed by atoms with van der Waals surface area (Å²) in [6.07, 6.45) is 4.00. The number of nitrogens with zero attached hydrogens (tertiary/aromatic N) is 4. The van der Waals surface area contributed by atoms with Crippen LogP contribution in [0, 0.1) is 6.92 Å². The van der Waals surface area contributed by atoms with E-state index in [9.17, 15) is 14.4 Å². The number of benzene rings is 1. The van der Waals surface area contributed by atoms with Crippen LogP contribution in [0.15, 0.2) is 35.5 Å². The number of piperidine rings is 1. The number of amides is 3. The number of likely N-dealkylation sites (N-methyl/N-ethyl adjacent to an activating group) is 1. The van der Waals surface area contributed by atoms with Crippen molar-refractivity contribution in [3.8, 4) is 17.5 Å². The Labute approximate surface area is 207 Å². The third-order valence-corrected chi connectivity index (χ3v) is 6.56. The molecule has 11 heteroatoms. The van der Waals surface area contributed by atoms with Crippen molar-refractivity contribution in [2.24, 2.45) is 0 Å². The van der Waals surface area contributed by atoms with Crippen LogP contribution < -0.4 is 9.47 Å². The molecule has 2 aromatic rings. The largest absolute Gasteiger partial charge is 0.474 e. The van der Waals surface area contributed by atoms with Gasteiger partial charge in [0.15, 0.2) is 0 Å². The Morgan fingerprint density at radius 1 is 1.20 bits per heavy atom. The van der Waals surface area contributed by atoms with Crippen molar-refractivity contribution in [1.82, 2.24) is 19.8 Å². The van der Waals surface area contributed by atoms with Gasteiger partial charge in [0, 0.05) is 33.0 Å². The first-order valence-corrected chi connectivity index (χ1v) is 12.1. The first-order chi connectivity index (χ1) is 16.9. The van der Waals surface area contributed by atoms with Gasteiger partial charge in [0.2, 0.25) is 11.8 Å². The van der Waals surface area contributed by atoms with Gasteiger partial charge in [-0.2, -0.15) is 0 Å². The van der Waals surface area contributed by atoms with Gasteiger partial charge in [-0.15, -0.1) is 0 Å². The van der Waals surface area contributed by atoms with Crippen molar-refractivity contribution >= 4 is 35.1 Å². The van der Waals surface area contributed by atoms with E-state index in [1.54, 1.807) is 36.1 Å². The topological polar surface area (TPSA) is 111 Å². The third kappa shape index (κ3) is 5.73. The zero-order chi connectivity index (χ0) is 24.9. The summed E-state index contributed by atoms with van der Waals surface area (Å²) in [7, 11) is 1.46. The fraction of sp³-hybridized carbons (Fsp3) is 0.375. The minimum Gasteiger partial charge on any atom is -0.474 e. The minimum atomic E-state index is -0.326. The number of hydrogen-bond donors (Lipinski definition) is 0. The predicted molar refractivity (Wildman–Crippen MR) is 129 cm³/mol. The van der Waals surface area contributed by atoms with Crippen molar-refractivity contribution in [1.29, 1.82) is 0 Å². The van der Waals surface area contributed by atoms with Crippen molar-refractivity contribution in [2.75, 3.05) is 26.7 Å². The van der Waals surface area contributed by atoms with Crippen LogP contribution in [0.5, 0.6) is 17.5 Å². The number of rotatable bonds is 6. The fourth-order valence-corrected chi connectivity index (χ4v) is 4.47. The molecule has 2 aliphatic heterocycles. The molecule has 0 atom stereocenters. The monoisotopic (exact) mass is 498 g/mol. The van der Waals surface area contributed by atoms with Gasteiger partial charge in [-0.05, 0) is 49.4 Å². The number of hydrogen-bond acceptors (Lipinski definition) is 9. The minimum absolute atomic E-state index is 0.0839. The van der Waals surface area contributed by atoms with E-state index in [4.69, 9.17) is 14.2 Å². The van der Waals surface area contributed by atoms with Crippen LogP contribution in [-0.2, 0) is 9.53 Å². The number of thioether (sulfide) groups is 1. The lowest BCUT2D eigenvalue weighted by atomic mass is 10.1. The molecule has 184 valence electrons. The summed E-state index contributed by atoms with van der Waals surface area (Å²) >= 11 is 0.903. The Kier molecular flexibility index (Phi) is 7.54. The average molecular weight is 499 g/mol. The molecule has 0 unspecified atom stereocenters. The van der Waals surface area contributed by atoms with Gasteiger partial charge in [-0.3, -0.25) is 14.5 Å². The molecule has 1 aromatic carbocycles. The van der Waals surface area contributed by atoms with Crippen LogP contribution in [0.3, 0.4) is 0 Å². The van der Waals surface area contributed by atoms with Gasteiger partial charge in [-0.25, -0.2) is 14.8 Å². The average Bonchev–Trinajstić information content (AvgIpc) is 3.09. The summed E-state index contributed by atoms with van der Waals surface area (Å²) < 4.78 is 17.1. The molecule has 0 N–H and O–H groups in total. The zero-order valence-corrected chi connectivity index (χ0v) is 20.5. The van der Waals surface area contributed by atoms with Crippen LogP contribution in [0.2, 0.25) is 0 Å². The highest BCUT2D eigenvalue weighted by Crippen LogP contribution is 2.33. The lowest BCUT2D eigenvalue weighted by molar-refractivity contribution is -0.121. The molecule has 10 nitrogen and oxygen atoms in total. The number of carbonyl (C=O) groups excluding carboxylic acids is 3. The second-order valence-electron chi connectivity index (χ2n) is 8.03. The molecule has 2 saturated heterocycles. The van der Waals surface area contributed by atoms with Gasteiger partial charge in [0.1, 0.15) is 18.2 Å². The molecular formula is C24H26N4O6S. The Bertz CT molecular complexity index is 1160. The van der Waals surface area contributed by atoms with Crippen LogP contribution in [-0.4, -0.2) is 69.9 Å². The summed E-state index contributed by atoms with van der Waals surface area (Å²) in [5, 5.41) is -0.302. The van der Waals surface area contributed by atoms with E-state index in [-0.39, 0.29) is 23.3 Å². The molecule has 0 radical (unpaired) electrons. The smallest absolute Gasteiger partial charge is 0.409 e. The van der Waals surface area contributed by atoms with E-state index in [2.05, 4.69) is 9.97 Å². The van der Waals surface area contributed by atoms with Gasteiger partial charge in [-0.1, -0.05) is 12.1 Å². The highest BCUT2D eigenvalue weighted by atomic mass is 32.2. The highest BCUT2D eigenvalue weighted by Gasteiger charge is 2.31. The van der Waals surface area contributed by atoms with E-state index in [1.807, 2.05) is 13.0 Å². The van der Waals surface area contributed by atoms with Crippen LogP contribution in [0.25, 0.3) is 6.08 Å². The lowest BCUT2D eigenvalue weighted by Gasteiger charge is -2.31. The van der Waals surface area contributed by atoms with Gasteiger partial charge < -0.3 is 19.1 Å². The second kappa shape index (κ2) is 10.8. The third-order valence-electron chi connectivity index (χ3n) is 5.59. The van der Waals surface area contributed by atoms with Crippen LogP contribution in [0.1, 0.15) is 30.9 Å². The molecule has 0 bridgehead atoms. The Balaban J connectivity index is 1.42. The summed E-state index contributed by atoms with van der Waals surface area (Å²) in [5.74, 6) is 0.972. The fourth-order valence-electron chi connectivity index (χ4n) is 3.65. The summed E-state index contributed by atoms with van der Waals surface area (Å²) in [6, 6.07) is 7.15. The molecular weight excluding hydrogens is 472 g/mol. The highest BCUT2D eigenvalue weighted by molar-refractivity contribution is 8.18. The van der Waals surface area contributed by atoms with Crippen molar-refractivity contribution in [3.63, 3.8) is 0 Å². The maximum atomic E-state index is 12.2. The maximum absolute atomic E-state index is 12.2. The molecule has 2 aliphatic rings. The molecule has 1 aromatic heterocycles. The summed E-state index contributed by atoms with van der Waals surface area (Å²) in [6.45, 7) is 5.07. The normalized spacial score (nSPS) is 17.7. The molecule has 3 amide bonds. The summed E-state index contributed by atoms with van der Waals surface area (Å²) in [4.78, 5) is 47.4. The molecule has 0 spiro atoms. The zero-order valence-electron chi connectivity index (χ0n) is 19.7. The molecule has 35 heavy (non-hydrogen) atoms. The number of carbonyl (C=O) groups is 3. The molecule has 0 aliphatic carbocycles. The lowest BCUT2D eigenvalue weighted by Crippen LogP contribution is -2.42. The Hall–Kier alpha value is -3.60. The van der Waals surface area contributed by atoms with Crippen LogP contribution >= 0.6 is 11.8 Å². The van der Waals surface area contributed by atoms with Gasteiger partial charge >= 0.3 is 6.09 Å². The van der Waals surface area contributed by atoms with E-state index >= 15 is 0 Å². The van der Waals surface area contributed by atoms with E-state index < -0.39 is 0 Å². The molecule has 3 heterocycles. The molecule has 0 saturated carbocycles. The quantitative estimate of drug-likeness (QED) is 0.540. The van der Waals surface area contributed by atoms with Gasteiger partial charge in [0.05, 0.1) is 17.1 Å². The number of aromatic nitrogens is 2. The second-order valence-corrected chi connectivity index (χ2v) is 9.02. The Morgan fingerprint density at radius 3 is 2.63 bits per heavy atom. The van der Waals surface area contributed by atoms with Crippen LogP contribution in [0.4, 0.5) is 9.59 Å². The summed E-state index contributed by atoms with van der Waals surface area (Å²) in [5.41, 5.74) is 1.37. The van der Waals surface area contributed by atoms with Crippen molar-refractivity contribution in [2.45, 2.75) is 32.8 Å². The number of ether oxygens (including phenoxy) is 3.